The number of allylic oxidation sites excluding steroid dienone is 2. The second kappa shape index (κ2) is 10.1. The summed E-state index contributed by atoms with van der Waals surface area (Å²) in [4.78, 5) is 40.6. The number of halogens is 1. The minimum atomic E-state index is -0.873. The summed E-state index contributed by atoms with van der Waals surface area (Å²) < 4.78 is 10.4. The second-order valence-corrected chi connectivity index (χ2v) is 6.49. The number of nitrogens with two attached hydrogens (primary N) is 1. The highest BCUT2D eigenvalue weighted by Crippen LogP contribution is 2.42. The minimum absolute atomic E-state index is 0.00282. The zero-order chi connectivity index (χ0) is 20.7. The van der Waals surface area contributed by atoms with Gasteiger partial charge in [-0.05, 0) is 18.6 Å². The molecule has 28 heavy (non-hydrogen) atoms. The summed E-state index contributed by atoms with van der Waals surface area (Å²) >= 11 is 6.38. The van der Waals surface area contributed by atoms with E-state index >= 15 is 0 Å². The zero-order valence-electron chi connectivity index (χ0n) is 15.6. The van der Waals surface area contributed by atoms with Crippen LogP contribution >= 0.6 is 11.6 Å². The Morgan fingerprint density at radius 2 is 2.07 bits per heavy atom. The van der Waals surface area contributed by atoms with Gasteiger partial charge in [0.15, 0.2) is 5.78 Å². The van der Waals surface area contributed by atoms with Crippen LogP contribution in [0.25, 0.3) is 0 Å². The molecule has 7 nitrogen and oxygen atoms in total. The SMILES string of the molecule is COC(=O)C1C(C)=NC(COCCN)=C(C(=O)C=C=O)C1c1ccccc1Cl. The third kappa shape index (κ3) is 4.64. The number of nitrogens with zero attached hydrogens (tertiary/aromatic N) is 1. The maximum Gasteiger partial charge on any atom is 0.315 e. The Balaban J connectivity index is 2.73. The lowest BCUT2D eigenvalue weighted by Gasteiger charge is -2.32. The molecule has 1 aromatic rings. The second-order valence-electron chi connectivity index (χ2n) is 6.08. The maximum atomic E-state index is 12.8. The van der Waals surface area contributed by atoms with Gasteiger partial charge in [0.05, 0.1) is 32.1 Å². The molecule has 0 fully saturated rings. The van der Waals surface area contributed by atoms with Crippen molar-refractivity contribution in [1.82, 2.24) is 0 Å². The topological polar surface area (TPSA) is 108 Å². The van der Waals surface area contributed by atoms with Gasteiger partial charge in [-0.1, -0.05) is 29.8 Å². The van der Waals surface area contributed by atoms with Crippen LogP contribution in [0.15, 0.2) is 46.6 Å². The lowest BCUT2D eigenvalue weighted by atomic mass is 9.74. The molecule has 1 heterocycles. The van der Waals surface area contributed by atoms with Gasteiger partial charge in [-0.2, -0.15) is 0 Å². The monoisotopic (exact) mass is 404 g/mol. The van der Waals surface area contributed by atoms with E-state index in [1.807, 2.05) is 0 Å². The van der Waals surface area contributed by atoms with Gasteiger partial charge >= 0.3 is 5.97 Å². The molecule has 2 N–H and O–H groups in total. The van der Waals surface area contributed by atoms with Gasteiger partial charge in [-0.25, -0.2) is 4.79 Å². The van der Waals surface area contributed by atoms with Crippen LogP contribution in [0, 0.1) is 5.92 Å². The number of esters is 1. The van der Waals surface area contributed by atoms with Crippen molar-refractivity contribution < 1.29 is 23.9 Å². The fourth-order valence-corrected chi connectivity index (χ4v) is 3.47. The smallest absolute Gasteiger partial charge is 0.315 e. The van der Waals surface area contributed by atoms with Crippen LogP contribution in [-0.4, -0.2) is 50.3 Å². The number of carbonyl (C=O) groups is 2. The number of hydrogen-bond donors (Lipinski definition) is 1. The molecule has 1 aliphatic heterocycles. The number of methoxy groups -OCH3 is 1. The Hall–Kier alpha value is -2.57. The first-order valence-corrected chi connectivity index (χ1v) is 8.97. The molecule has 0 amide bonds. The average Bonchev–Trinajstić information content (AvgIpc) is 2.67. The van der Waals surface area contributed by atoms with Gasteiger partial charge in [-0.15, -0.1) is 0 Å². The molecule has 0 bridgehead atoms. The minimum Gasteiger partial charge on any atom is -0.468 e. The summed E-state index contributed by atoms with van der Waals surface area (Å²) in [5.41, 5.74) is 6.91. The van der Waals surface area contributed by atoms with Crippen molar-refractivity contribution >= 4 is 35.0 Å². The Morgan fingerprint density at radius 3 is 2.68 bits per heavy atom. The first-order valence-electron chi connectivity index (χ1n) is 8.59. The molecular weight excluding hydrogens is 384 g/mol. The van der Waals surface area contributed by atoms with E-state index in [2.05, 4.69) is 4.99 Å². The standard InChI is InChI=1S/C20H21ClN2O5/c1-12-17(20(26)27-2)18(13-5-3-4-6-14(13)21)19(16(25)7-9-24)15(23-12)11-28-10-8-22/h3-7,17-18H,8,10-11,22H2,1-2H3. The van der Waals surface area contributed by atoms with E-state index in [4.69, 9.17) is 26.8 Å². The number of ether oxygens (including phenoxy) is 2. The molecule has 1 aliphatic rings. The van der Waals surface area contributed by atoms with Gasteiger partial charge in [0.25, 0.3) is 0 Å². The summed E-state index contributed by atoms with van der Waals surface area (Å²) in [5, 5.41) is 0.374. The highest BCUT2D eigenvalue weighted by atomic mass is 35.5. The van der Waals surface area contributed by atoms with Gasteiger partial charge in [-0.3, -0.25) is 14.6 Å². The van der Waals surface area contributed by atoms with Crippen molar-refractivity contribution in [3.05, 3.63) is 52.2 Å². The van der Waals surface area contributed by atoms with Crippen LogP contribution in [0.1, 0.15) is 18.4 Å². The van der Waals surface area contributed by atoms with Crippen LogP contribution < -0.4 is 5.73 Å². The van der Waals surface area contributed by atoms with Gasteiger partial charge < -0.3 is 15.2 Å². The van der Waals surface area contributed by atoms with E-state index < -0.39 is 23.6 Å². The van der Waals surface area contributed by atoms with Crippen molar-refractivity contribution in [2.75, 3.05) is 26.9 Å². The number of aliphatic imine (C=N–C) groups is 1. The molecule has 0 aromatic heterocycles. The first-order chi connectivity index (χ1) is 13.5. The molecule has 2 rings (SSSR count). The first kappa shape index (κ1) is 21.7. The van der Waals surface area contributed by atoms with Gasteiger partial charge in [0.2, 0.25) is 0 Å². The Labute approximate surface area is 167 Å². The van der Waals surface area contributed by atoms with Gasteiger partial charge in [0.1, 0.15) is 11.9 Å². The number of rotatable bonds is 8. The molecule has 2 unspecified atom stereocenters. The molecule has 0 aliphatic carbocycles. The van der Waals surface area contributed by atoms with E-state index in [-0.39, 0.29) is 18.8 Å². The third-order valence-electron chi connectivity index (χ3n) is 4.37. The molecule has 0 saturated carbocycles. The van der Waals surface area contributed by atoms with E-state index in [1.165, 1.54) is 13.1 Å². The van der Waals surface area contributed by atoms with E-state index in [1.54, 1.807) is 31.2 Å². The van der Waals surface area contributed by atoms with Crippen molar-refractivity contribution in [1.29, 1.82) is 0 Å². The van der Waals surface area contributed by atoms with E-state index in [0.717, 1.165) is 6.08 Å². The zero-order valence-corrected chi connectivity index (χ0v) is 16.4. The van der Waals surface area contributed by atoms with Crippen molar-refractivity contribution in [2.24, 2.45) is 16.6 Å². The van der Waals surface area contributed by atoms with E-state index in [0.29, 0.717) is 28.5 Å². The summed E-state index contributed by atoms with van der Waals surface area (Å²) in [5.74, 6) is -1.34. The molecular formula is C20H21ClN2O5. The molecule has 0 spiro atoms. The van der Waals surface area contributed by atoms with Crippen molar-refractivity contribution in [2.45, 2.75) is 12.8 Å². The number of hydrogen-bond acceptors (Lipinski definition) is 7. The predicted octanol–water partition coefficient (Wildman–Crippen LogP) is 1.87. The Bertz CT molecular complexity index is 871. The van der Waals surface area contributed by atoms with Gasteiger partial charge in [0, 0.05) is 28.8 Å². The number of carbonyl (C=O) groups excluding carboxylic acids is 3. The molecule has 0 saturated heterocycles. The average molecular weight is 405 g/mol. The van der Waals surface area contributed by atoms with Crippen molar-refractivity contribution in [3.8, 4) is 0 Å². The van der Waals surface area contributed by atoms with Crippen molar-refractivity contribution in [3.63, 3.8) is 0 Å². The normalized spacial score (nSPS) is 18.9. The number of benzene rings is 1. The summed E-state index contributed by atoms with van der Waals surface area (Å²) in [6, 6.07) is 6.87. The number of ketones is 1. The molecule has 1 aromatic carbocycles. The largest absolute Gasteiger partial charge is 0.468 e. The summed E-state index contributed by atoms with van der Waals surface area (Å²) in [7, 11) is 1.26. The van der Waals surface area contributed by atoms with Crippen LogP contribution in [-0.2, 0) is 23.9 Å². The molecule has 148 valence electrons. The molecule has 2 atom stereocenters. The van der Waals surface area contributed by atoms with Crippen LogP contribution in [0.4, 0.5) is 0 Å². The lowest BCUT2D eigenvalue weighted by Crippen LogP contribution is -2.36. The highest BCUT2D eigenvalue weighted by molar-refractivity contribution is 6.31. The fourth-order valence-electron chi connectivity index (χ4n) is 3.21. The van der Waals surface area contributed by atoms with Crippen LogP contribution in [0.5, 0.6) is 0 Å². The Morgan fingerprint density at radius 1 is 1.36 bits per heavy atom. The maximum absolute atomic E-state index is 12.8. The summed E-state index contributed by atoms with van der Waals surface area (Å²) in [6.07, 6.45) is 0.770. The quantitative estimate of drug-likeness (QED) is 0.306. The Kier molecular flexibility index (Phi) is 7.84. The molecule has 0 radical (unpaired) electrons. The lowest BCUT2D eigenvalue weighted by molar-refractivity contribution is -0.143. The van der Waals surface area contributed by atoms with Crippen LogP contribution in [0.2, 0.25) is 5.02 Å². The predicted molar refractivity (Wildman–Crippen MR) is 105 cm³/mol. The highest BCUT2D eigenvalue weighted by Gasteiger charge is 2.42. The molecule has 8 heteroatoms. The summed E-state index contributed by atoms with van der Waals surface area (Å²) in [6.45, 7) is 2.23. The third-order valence-corrected chi connectivity index (χ3v) is 4.71. The van der Waals surface area contributed by atoms with E-state index in [9.17, 15) is 14.4 Å². The van der Waals surface area contributed by atoms with Crippen LogP contribution in [0.3, 0.4) is 0 Å². The fraction of sp³-hybridized carbons (Fsp3) is 0.350.